The molecule has 0 saturated heterocycles. The fourth-order valence-electron chi connectivity index (χ4n) is 4.56. The third-order valence-electron chi connectivity index (χ3n) is 5.94. The number of carbonyl (C=O) groups excluding carboxylic acids is 2. The highest BCUT2D eigenvalue weighted by Crippen LogP contribution is 2.48. The van der Waals surface area contributed by atoms with Crippen molar-refractivity contribution >= 4 is 40.6 Å². The summed E-state index contributed by atoms with van der Waals surface area (Å²) in [6, 6.07) is 7.79. The van der Waals surface area contributed by atoms with Crippen molar-refractivity contribution in [2.75, 3.05) is 5.32 Å². The first-order valence-electron chi connectivity index (χ1n) is 10.4. The Morgan fingerprint density at radius 3 is 2.52 bits per heavy atom. The largest absolute Gasteiger partial charge is 0.362 e. The normalized spacial score (nSPS) is 19.8. The van der Waals surface area contributed by atoms with Crippen LogP contribution in [0, 0.1) is 17.0 Å². The summed E-state index contributed by atoms with van der Waals surface area (Å²) in [6.07, 6.45) is 0.935. The third kappa shape index (κ3) is 4.55. The molecule has 0 unspecified atom stereocenters. The number of hydrogen-bond donors (Lipinski definition) is 2. The number of ketones is 1. The van der Waals surface area contributed by atoms with E-state index < -0.39 is 23.5 Å². The predicted molar refractivity (Wildman–Crippen MR) is 125 cm³/mol. The minimum atomic E-state index is -0.901. The van der Waals surface area contributed by atoms with Crippen LogP contribution in [0.3, 0.4) is 0 Å². The summed E-state index contributed by atoms with van der Waals surface area (Å²) >= 11 is 12.6. The Hall–Kier alpha value is -2.70. The second kappa shape index (κ2) is 8.58. The molecule has 1 aliphatic heterocycles. The van der Waals surface area contributed by atoms with Gasteiger partial charge in [-0.15, -0.1) is 0 Å². The number of dihydropyridines is 1. The maximum atomic E-state index is 14.2. The number of allylic oxidation sites excluding steroid dienone is 3. The second-order valence-electron chi connectivity index (χ2n) is 9.17. The van der Waals surface area contributed by atoms with Crippen molar-refractivity contribution in [3.63, 3.8) is 0 Å². The first kappa shape index (κ1) is 23.5. The van der Waals surface area contributed by atoms with E-state index in [1.54, 1.807) is 25.1 Å². The summed E-state index contributed by atoms with van der Waals surface area (Å²) in [5.74, 6) is -3.13. The number of halogens is 4. The van der Waals surface area contributed by atoms with E-state index in [0.29, 0.717) is 45.8 Å². The molecule has 0 fully saturated rings. The standard InChI is InChI=1S/C25H22Cl2F2N2O2/c1-12-21(24(33)31-18-7-5-14(28)9-17(18)29)22(15-6-4-13(26)8-16(15)27)23-19(30-12)10-25(2,3)11-20(23)32/h4-9,22,30H,10-11H2,1-3H3,(H,31,33)/t22-/m0/s1. The van der Waals surface area contributed by atoms with Gasteiger partial charge >= 0.3 is 0 Å². The second-order valence-corrected chi connectivity index (χ2v) is 10.0. The van der Waals surface area contributed by atoms with Crippen molar-refractivity contribution in [2.24, 2.45) is 5.41 Å². The SMILES string of the molecule is CC1=C(C(=O)Nc2ccc(F)cc2F)[C@H](c2ccc(Cl)cc2Cl)C2=C(CC(C)(C)CC2=O)N1. The summed E-state index contributed by atoms with van der Waals surface area (Å²) < 4.78 is 27.5. The van der Waals surface area contributed by atoms with E-state index in [1.807, 2.05) is 13.8 Å². The van der Waals surface area contributed by atoms with Gasteiger partial charge in [-0.05, 0) is 48.6 Å². The van der Waals surface area contributed by atoms with Gasteiger partial charge in [-0.25, -0.2) is 8.78 Å². The minimum absolute atomic E-state index is 0.0875. The molecule has 1 aliphatic carbocycles. The van der Waals surface area contributed by atoms with Gasteiger partial charge in [0.25, 0.3) is 5.91 Å². The Morgan fingerprint density at radius 2 is 1.85 bits per heavy atom. The van der Waals surface area contributed by atoms with Crippen LogP contribution < -0.4 is 10.6 Å². The molecule has 8 heteroatoms. The van der Waals surface area contributed by atoms with Gasteiger partial charge in [0.05, 0.1) is 5.69 Å². The van der Waals surface area contributed by atoms with Gasteiger partial charge in [-0.3, -0.25) is 9.59 Å². The predicted octanol–water partition coefficient (Wildman–Crippen LogP) is 6.51. The van der Waals surface area contributed by atoms with Crippen LogP contribution in [0.2, 0.25) is 10.0 Å². The number of nitrogens with one attached hydrogen (secondary N) is 2. The van der Waals surface area contributed by atoms with Crippen LogP contribution in [0.25, 0.3) is 0 Å². The summed E-state index contributed by atoms with van der Waals surface area (Å²) in [5, 5.41) is 6.47. The number of anilines is 1. The maximum absolute atomic E-state index is 14.2. The Morgan fingerprint density at radius 1 is 1.12 bits per heavy atom. The number of carbonyl (C=O) groups is 2. The van der Waals surface area contributed by atoms with E-state index in [2.05, 4.69) is 10.6 Å². The number of rotatable bonds is 3. The van der Waals surface area contributed by atoms with Crippen LogP contribution in [0.15, 0.2) is 58.9 Å². The zero-order chi connectivity index (χ0) is 24.1. The van der Waals surface area contributed by atoms with E-state index in [9.17, 15) is 18.4 Å². The maximum Gasteiger partial charge on any atom is 0.254 e. The smallest absolute Gasteiger partial charge is 0.254 e. The molecule has 1 heterocycles. The fraction of sp³-hybridized carbons (Fsp3) is 0.280. The van der Waals surface area contributed by atoms with Gasteiger partial charge in [0, 0.05) is 51.0 Å². The molecule has 1 amide bonds. The first-order chi connectivity index (χ1) is 15.5. The summed E-state index contributed by atoms with van der Waals surface area (Å²) in [6.45, 7) is 5.75. The average Bonchev–Trinajstić information content (AvgIpc) is 2.68. The van der Waals surface area contributed by atoms with Crippen molar-refractivity contribution in [2.45, 2.75) is 39.5 Å². The van der Waals surface area contributed by atoms with Crippen molar-refractivity contribution in [3.8, 4) is 0 Å². The molecule has 33 heavy (non-hydrogen) atoms. The number of hydrogen-bond acceptors (Lipinski definition) is 3. The molecule has 4 nitrogen and oxygen atoms in total. The van der Waals surface area contributed by atoms with Gasteiger partial charge in [-0.2, -0.15) is 0 Å². The number of amides is 1. The fourth-order valence-corrected chi connectivity index (χ4v) is 5.08. The zero-order valence-electron chi connectivity index (χ0n) is 18.3. The lowest BCUT2D eigenvalue weighted by Gasteiger charge is -2.39. The van der Waals surface area contributed by atoms with Crippen molar-refractivity contribution < 1.29 is 18.4 Å². The highest BCUT2D eigenvalue weighted by molar-refractivity contribution is 6.35. The van der Waals surface area contributed by atoms with Crippen LogP contribution in [0.4, 0.5) is 14.5 Å². The molecule has 2 aliphatic rings. The Bertz CT molecular complexity index is 1250. The Labute approximate surface area is 200 Å². The van der Waals surface area contributed by atoms with Crippen LogP contribution in [-0.4, -0.2) is 11.7 Å². The lowest BCUT2D eigenvalue weighted by Crippen LogP contribution is -2.39. The molecule has 0 saturated carbocycles. The van der Waals surface area contributed by atoms with Gasteiger partial charge in [0.15, 0.2) is 5.78 Å². The lowest BCUT2D eigenvalue weighted by molar-refractivity contribution is -0.118. The summed E-state index contributed by atoms with van der Waals surface area (Å²) in [5.41, 5.74) is 2.10. The van der Waals surface area contributed by atoms with E-state index in [4.69, 9.17) is 23.2 Å². The van der Waals surface area contributed by atoms with Crippen LogP contribution in [-0.2, 0) is 9.59 Å². The molecule has 4 rings (SSSR count). The van der Waals surface area contributed by atoms with Crippen molar-refractivity contribution in [1.82, 2.24) is 5.32 Å². The zero-order valence-corrected chi connectivity index (χ0v) is 19.8. The van der Waals surface area contributed by atoms with E-state index in [-0.39, 0.29) is 22.5 Å². The van der Waals surface area contributed by atoms with Gasteiger partial charge in [0.1, 0.15) is 11.6 Å². The van der Waals surface area contributed by atoms with Crippen molar-refractivity contribution in [1.29, 1.82) is 0 Å². The Kier molecular flexibility index (Phi) is 6.10. The van der Waals surface area contributed by atoms with Crippen LogP contribution >= 0.6 is 23.2 Å². The molecular formula is C25H22Cl2F2N2O2. The van der Waals surface area contributed by atoms with Crippen molar-refractivity contribution in [3.05, 3.63) is 86.2 Å². The summed E-state index contributed by atoms with van der Waals surface area (Å²) in [7, 11) is 0. The molecule has 0 aromatic heterocycles. The average molecular weight is 491 g/mol. The number of benzene rings is 2. The third-order valence-corrected chi connectivity index (χ3v) is 6.50. The minimum Gasteiger partial charge on any atom is -0.362 e. The first-order valence-corrected chi connectivity index (χ1v) is 11.2. The quantitative estimate of drug-likeness (QED) is 0.515. The monoisotopic (exact) mass is 490 g/mol. The molecular weight excluding hydrogens is 469 g/mol. The molecule has 2 aromatic rings. The molecule has 0 bridgehead atoms. The van der Waals surface area contributed by atoms with Crippen LogP contribution in [0.5, 0.6) is 0 Å². The molecule has 2 aromatic carbocycles. The summed E-state index contributed by atoms with van der Waals surface area (Å²) in [4.78, 5) is 26.7. The highest BCUT2D eigenvalue weighted by atomic mass is 35.5. The van der Waals surface area contributed by atoms with E-state index in [0.717, 1.165) is 17.8 Å². The number of Topliss-reactive ketones (excluding diaryl/α,β-unsaturated/α-hetero) is 1. The van der Waals surface area contributed by atoms with E-state index in [1.165, 1.54) is 0 Å². The topological polar surface area (TPSA) is 58.2 Å². The molecule has 0 radical (unpaired) electrons. The molecule has 2 N–H and O–H groups in total. The van der Waals surface area contributed by atoms with Gasteiger partial charge < -0.3 is 10.6 Å². The van der Waals surface area contributed by atoms with Gasteiger partial charge in [0.2, 0.25) is 0 Å². The van der Waals surface area contributed by atoms with Gasteiger partial charge in [-0.1, -0.05) is 43.1 Å². The molecule has 172 valence electrons. The highest BCUT2D eigenvalue weighted by Gasteiger charge is 2.43. The Balaban J connectivity index is 1.84. The van der Waals surface area contributed by atoms with Crippen LogP contribution in [0.1, 0.15) is 45.1 Å². The lowest BCUT2D eigenvalue weighted by atomic mass is 9.68. The molecule has 0 spiro atoms. The molecule has 1 atom stereocenters. The van der Waals surface area contributed by atoms with E-state index >= 15 is 0 Å².